The fraction of sp³-hybridized carbons (Fsp3) is 0.593. The smallest absolute Gasteiger partial charge is 0.383 e. The monoisotopic (exact) mass is 594 g/mol. The van der Waals surface area contributed by atoms with E-state index in [1.165, 1.54) is 6.07 Å². The third kappa shape index (κ3) is 6.35. The van der Waals surface area contributed by atoms with Gasteiger partial charge in [0.1, 0.15) is 16.7 Å². The van der Waals surface area contributed by atoms with Crippen molar-refractivity contribution in [1.29, 1.82) is 0 Å². The second-order valence-corrected chi connectivity index (χ2v) is 11.2. The molecular formula is C27H34ClF3N8O2. The average molecular weight is 595 g/mol. The number of nitrogen functional groups attached to an aromatic ring is 1. The van der Waals surface area contributed by atoms with Gasteiger partial charge in [0.05, 0.1) is 11.8 Å². The number of rotatable bonds is 6. The molecule has 2 aliphatic heterocycles. The van der Waals surface area contributed by atoms with Crippen LogP contribution >= 0.6 is 11.6 Å². The zero-order valence-corrected chi connectivity index (χ0v) is 23.6. The van der Waals surface area contributed by atoms with Gasteiger partial charge in [0.15, 0.2) is 11.5 Å². The number of pyridine rings is 1. The Hall–Kier alpha value is -3.19. The van der Waals surface area contributed by atoms with Gasteiger partial charge in [-0.2, -0.15) is 13.2 Å². The second-order valence-electron chi connectivity index (χ2n) is 10.9. The van der Waals surface area contributed by atoms with Crippen molar-refractivity contribution in [3.8, 4) is 0 Å². The molecule has 41 heavy (non-hydrogen) atoms. The van der Waals surface area contributed by atoms with E-state index in [4.69, 9.17) is 17.3 Å². The van der Waals surface area contributed by atoms with Crippen molar-refractivity contribution in [2.75, 3.05) is 43.4 Å². The Bertz CT molecular complexity index is 1280. The van der Waals surface area contributed by atoms with Crippen molar-refractivity contribution in [2.45, 2.75) is 69.8 Å². The van der Waals surface area contributed by atoms with Crippen molar-refractivity contribution in [1.82, 2.24) is 30.1 Å². The number of carbonyl (C=O) groups excluding carboxylic acids is 2. The molecule has 0 radical (unpaired) electrons. The molecule has 14 heteroatoms. The van der Waals surface area contributed by atoms with Crippen LogP contribution in [0.25, 0.3) is 0 Å². The van der Waals surface area contributed by atoms with E-state index in [1.807, 2.05) is 6.92 Å². The maximum Gasteiger partial charge on any atom is 0.437 e. The standard InChI is InChI=1S/C27H34ClF3N8O2/c1-2-17-15-38(24-22(27(29,30)31)35-20(14-33-24)25(40)34-16-4-3-5-16)12-13-39(17)18-8-10-37(11-9-18)26(41)19-6-7-21(28)36-23(19)32/h6-7,14,16-18H,2-5,8-13,15H2,1H3,(H2,32,36)(H,34,40)/t17-/m0/s1. The molecule has 2 aromatic rings. The molecule has 0 aromatic carbocycles. The van der Waals surface area contributed by atoms with Gasteiger partial charge in [0.25, 0.3) is 11.8 Å². The number of amides is 2. The molecule has 0 unspecified atom stereocenters. The molecule has 4 heterocycles. The molecule has 1 atom stereocenters. The Morgan fingerprint density at radius 3 is 2.44 bits per heavy atom. The molecule has 2 amide bonds. The Labute approximate surface area is 241 Å². The number of anilines is 2. The summed E-state index contributed by atoms with van der Waals surface area (Å²) in [7, 11) is 0. The first kappa shape index (κ1) is 29.3. The molecule has 2 saturated heterocycles. The minimum Gasteiger partial charge on any atom is -0.383 e. The normalized spacial score (nSPS) is 21.0. The summed E-state index contributed by atoms with van der Waals surface area (Å²) in [6.45, 7) is 4.34. The van der Waals surface area contributed by atoms with Crippen LogP contribution in [-0.2, 0) is 6.18 Å². The van der Waals surface area contributed by atoms with Crippen LogP contribution in [0.5, 0.6) is 0 Å². The van der Waals surface area contributed by atoms with Gasteiger partial charge in [-0.3, -0.25) is 14.5 Å². The topological polar surface area (TPSA) is 121 Å². The maximum absolute atomic E-state index is 14.1. The fourth-order valence-electron chi connectivity index (χ4n) is 5.83. The lowest BCUT2D eigenvalue weighted by atomic mass is 9.93. The van der Waals surface area contributed by atoms with Gasteiger partial charge < -0.3 is 20.9 Å². The molecule has 3 aliphatic rings. The summed E-state index contributed by atoms with van der Waals surface area (Å²) in [6, 6.07) is 3.29. The number of piperidine rings is 1. The van der Waals surface area contributed by atoms with Crippen molar-refractivity contribution in [2.24, 2.45) is 0 Å². The van der Waals surface area contributed by atoms with Crippen molar-refractivity contribution in [3.05, 3.63) is 40.4 Å². The van der Waals surface area contributed by atoms with E-state index < -0.39 is 17.8 Å². The molecule has 1 saturated carbocycles. The molecule has 10 nitrogen and oxygen atoms in total. The van der Waals surface area contributed by atoms with Gasteiger partial charge in [0, 0.05) is 50.8 Å². The van der Waals surface area contributed by atoms with Gasteiger partial charge in [-0.1, -0.05) is 18.5 Å². The SMILES string of the molecule is CC[C@H]1CN(c2ncc(C(=O)NC3CCC3)nc2C(F)(F)F)CCN1C1CCN(C(=O)c2ccc(Cl)nc2N)CC1. The number of alkyl halides is 3. The molecule has 222 valence electrons. The van der Waals surface area contributed by atoms with Crippen molar-refractivity contribution < 1.29 is 22.8 Å². The summed E-state index contributed by atoms with van der Waals surface area (Å²) >= 11 is 5.86. The Balaban J connectivity index is 1.24. The van der Waals surface area contributed by atoms with Crippen LogP contribution in [0.4, 0.5) is 24.8 Å². The van der Waals surface area contributed by atoms with Crippen molar-refractivity contribution in [3.63, 3.8) is 0 Å². The number of aromatic nitrogens is 3. The largest absolute Gasteiger partial charge is 0.437 e. The highest BCUT2D eigenvalue weighted by Gasteiger charge is 2.41. The molecule has 3 fully saturated rings. The highest BCUT2D eigenvalue weighted by Crippen LogP contribution is 2.36. The number of nitrogens with one attached hydrogen (secondary N) is 1. The fourth-order valence-corrected chi connectivity index (χ4v) is 5.99. The summed E-state index contributed by atoms with van der Waals surface area (Å²) in [6.07, 6.45) is 1.22. The second kappa shape index (κ2) is 12.0. The van der Waals surface area contributed by atoms with Crippen LogP contribution in [0.3, 0.4) is 0 Å². The van der Waals surface area contributed by atoms with Crippen molar-refractivity contribution >= 4 is 35.1 Å². The van der Waals surface area contributed by atoms with E-state index in [2.05, 4.69) is 25.2 Å². The highest BCUT2D eigenvalue weighted by atomic mass is 35.5. The molecule has 1 aliphatic carbocycles. The lowest BCUT2D eigenvalue weighted by Crippen LogP contribution is -2.59. The van der Waals surface area contributed by atoms with Crippen LogP contribution in [0.2, 0.25) is 5.15 Å². The number of nitrogens with two attached hydrogens (primary N) is 1. The van der Waals surface area contributed by atoms with E-state index in [-0.39, 0.29) is 46.5 Å². The molecule has 0 bridgehead atoms. The van der Waals surface area contributed by atoms with Gasteiger partial charge in [-0.05, 0) is 50.7 Å². The molecule has 0 spiro atoms. The van der Waals surface area contributed by atoms with E-state index >= 15 is 0 Å². The summed E-state index contributed by atoms with van der Waals surface area (Å²) in [4.78, 5) is 43.0. The summed E-state index contributed by atoms with van der Waals surface area (Å²) in [5.74, 6) is -0.967. The van der Waals surface area contributed by atoms with E-state index in [9.17, 15) is 22.8 Å². The van der Waals surface area contributed by atoms with Gasteiger partial charge in [-0.15, -0.1) is 0 Å². The lowest BCUT2D eigenvalue weighted by Gasteiger charge is -2.47. The van der Waals surface area contributed by atoms with Crippen LogP contribution in [0.1, 0.15) is 72.0 Å². The minimum absolute atomic E-state index is 0.00316. The van der Waals surface area contributed by atoms with Crippen LogP contribution < -0.4 is 16.0 Å². The number of piperazine rings is 1. The van der Waals surface area contributed by atoms with E-state index in [1.54, 1.807) is 15.9 Å². The Morgan fingerprint density at radius 1 is 1.10 bits per heavy atom. The van der Waals surface area contributed by atoms with E-state index in [0.717, 1.165) is 44.7 Å². The van der Waals surface area contributed by atoms with Crippen LogP contribution in [0, 0.1) is 0 Å². The first-order valence-electron chi connectivity index (χ1n) is 14.0. The zero-order chi connectivity index (χ0) is 29.3. The predicted octanol–water partition coefficient (Wildman–Crippen LogP) is 3.61. The molecule has 5 rings (SSSR count). The zero-order valence-electron chi connectivity index (χ0n) is 22.8. The number of nitrogens with zero attached hydrogens (tertiary/aromatic N) is 6. The molecular weight excluding hydrogens is 561 g/mol. The highest BCUT2D eigenvalue weighted by molar-refractivity contribution is 6.29. The number of likely N-dealkylation sites (tertiary alicyclic amines) is 1. The lowest BCUT2D eigenvalue weighted by molar-refractivity contribution is -0.141. The first-order chi connectivity index (χ1) is 19.5. The third-order valence-corrected chi connectivity index (χ3v) is 8.55. The van der Waals surface area contributed by atoms with E-state index in [0.29, 0.717) is 38.3 Å². The summed E-state index contributed by atoms with van der Waals surface area (Å²) in [5.41, 5.74) is 4.77. The quantitative estimate of drug-likeness (QED) is 0.487. The first-order valence-corrected chi connectivity index (χ1v) is 14.4. The number of carbonyl (C=O) groups is 2. The molecule has 2 aromatic heterocycles. The average Bonchev–Trinajstić information content (AvgIpc) is 2.93. The third-order valence-electron chi connectivity index (χ3n) is 8.34. The van der Waals surface area contributed by atoms with Gasteiger partial charge in [-0.25, -0.2) is 15.0 Å². The Kier molecular flexibility index (Phi) is 8.55. The van der Waals surface area contributed by atoms with Gasteiger partial charge >= 0.3 is 6.18 Å². The Morgan fingerprint density at radius 2 is 1.83 bits per heavy atom. The summed E-state index contributed by atoms with van der Waals surface area (Å²) < 4.78 is 42.2. The van der Waals surface area contributed by atoms with Gasteiger partial charge in [0.2, 0.25) is 0 Å². The van der Waals surface area contributed by atoms with Crippen LogP contribution in [0.15, 0.2) is 18.3 Å². The molecule has 3 N–H and O–H groups in total. The minimum atomic E-state index is -4.75. The number of halogens is 4. The maximum atomic E-state index is 14.1. The predicted molar refractivity (Wildman–Crippen MR) is 148 cm³/mol. The van der Waals surface area contributed by atoms with Crippen LogP contribution in [-0.4, -0.2) is 87.4 Å². The number of hydrogen-bond donors (Lipinski definition) is 2. The summed E-state index contributed by atoms with van der Waals surface area (Å²) in [5, 5.41) is 2.95. The number of hydrogen-bond acceptors (Lipinski definition) is 8.